The molecule has 0 aromatic heterocycles. The average Bonchev–Trinajstić information content (AvgIpc) is 2.31. The molecule has 0 aliphatic carbocycles. The molecule has 3 nitrogen and oxygen atoms in total. The third-order valence-electron chi connectivity index (χ3n) is 1.89. The SMILES string of the molecule is O=[Si](Oc1ccccc1)Oc1ccccc1. The van der Waals surface area contributed by atoms with Crippen molar-refractivity contribution < 1.29 is 13.3 Å². The first-order valence-electron chi connectivity index (χ1n) is 4.84. The van der Waals surface area contributed by atoms with Crippen molar-refractivity contribution in [3.8, 4) is 11.5 Å². The van der Waals surface area contributed by atoms with Crippen LogP contribution in [-0.4, -0.2) is 9.17 Å². The summed E-state index contributed by atoms with van der Waals surface area (Å²) in [6.45, 7) is 0. The molecule has 2 aromatic carbocycles. The van der Waals surface area contributed by atoms with Gasteiger partial charge >= 0.3 is 9.17 Å². The topological polar surface area (TPSA) is 35.5 Å². The summed E-state index contributed by atoms with van der Waals surface area (Å²) in [6, 6.07) is 17.9. The van der Waals surface area contributed by atoms with E-state index in [1.54, 1.807) is 24.3 Å². The van der Waals surface area contributed by atoms with Gasteiger partial charge in [0.25, 0.3) is 0 Å². The van der Waals surface area contributed by atoms with E-state index in [4.69, 9.17) is 8.85 Å². The Morgan fingerprint density at radius 2 is 1.06 bits per heavy atom. The molecule has 0 amide bonds. The molecule has 0 saturated carbocycles. The summed E-state index contributed by atoms with van der Waals surface area (Å²) < 4.78 is 21.8. The lowest BCUT2D eigenvalue weighted by molar-refractivity contribution is 0.346. The summed E-state index contributed by atoms with van der Waals surface area (Å²) in [6.07, 6.45) is 0. The van der Waals surface area contributed by atoms with E-state index in [9.17, 15) is 4.46 Å². The van der Waals surface area contributed by atoms with E-state index < -0.39 is 9.17 Å². The van der Waals surface area contributed by atoms with Gasteiger partial charge in [-0.2, -0.15) is 0 Å². The van der Waals surface area contributed by atoms with E-state index in [0.29, 0.717) is 11.5 Å². The fraction of sp³-hybridized carbons (Fsp3) is 0. The van der Waals surface area contributed by atoms with Crippen molar-refractivity contribution in [2.24, 2.45) is 0 Å². The molecule has 2 rings (SSSR count). The lowest BCUT2D eigenvalue weighted by Crippen LogP contribution is -2.18. The minimum atomic E-state index is -2.54. The largest absolute Gasteiger partial charge is 0.778 e. The second-order valence-electron chi connectivity index (χ2n) is 3.08. The minimum absolute atomic E-state index is 0.544. The Balaban J connectivity index is 1.95. The predicted octanol–water partition coefficient (Wildman–Crippen LogP) is 2.56. The zero-order chi connectivity index (χ0) is 11.2. The highest BCUT2D eigenvalue weighted by Crippen LogP contribution is 2.11. The van der Waals surface area contributed by atoms with Crippen LogP contribution in [0, 0.1) is 0 Å². The maximum Gasteiger partial charge on any atom is 0.778 e. The first kappa shape index (κ1) is 10.6. The Hall–Kier alpha value is -1.94. The van der Waals surface area contributed by atoms with Crippen LogP contribution in [0.1, 0.15) is 0 Å². The molecular weight excluding hydrogens is 220 g/mol. The molecule has 0 aliphatic heterocycles. The molecule has 4 heteroatoms. The van der Waals surface area contributed by atoms with Gasteiger partial charge < -0.3 is 8.85 Å². The number of hydrogen-bond donors (Lipinski definition) is 0. The molecule has 0 unspecified atom stereocenters. The molecule has 2 aromatic rings. The van der Waals surface area contributed by atoms with Crippen LogP contribution >= 0.6 is 0 Å². The average molecular weight is 230 g/mol. The Morgan fingerprint density at radius 1 is 0.688 bits per heavy atom. The molecule has 0 aliphatic rings. The van der Waals surface area contributed by atoms with E-state index in [0.717, 1.165) is 0 Å². The van der Waals surface area contributed by atoms with Gasteiger partial charge in [-0.25, -0.2) is 0 Å². The molecule has 0 saturated heterocycles. The number of rotatable bonds is 4. The summed E-state index contributed by atoms with van der Waals surface area (Å²) >= 11 is 0. The van der Waals surface area contributed by atoms with Crippen LogP contribution in [0.3, 0.4) is 0 Å². The second kappa shape index (κ2) is 5.23. The normalized spacial score (nSPS) is 9.50. The first-order chi connectivity index (χ1) is 7.84. The van der Waals surface area contributed by atoms with Crippen LogP contribution in [0.2, 0.25) is 0 Å². The van der Waals surface area contributed by atoms with Crippen molar-refractivity contribution in [2.45, 2.75) is 0 Å². The van der Waals surface area contributed by atoms with Gasteiger partial charge in [-0.3, -0.25) is 4.46 Å². The lowest BCUT2D eigenvalue weighted by Gasteiger charge is -2.04. The van der Waals surface area contributed by atoms with Crippen LogP contribution < -0.4 is 8.85 Å². The van der Waals surface area contributed by atoms with Gasteiger partial charge in [-0.05, 0) is 24.3 Å². The van der Waals surface area contributed by atoms with Crippen molar-refractivity contribution in [2.75, 3.05) is 0 Å². The summed E-state index contributed by atoms with van der Waals surface area (Å²) in [7, 11) is -2.54. The monoisotopic (exact) mass is 230 g/mol. The fourth-order valence-corrected chi connectivity index (χ4v) is 1.89. The molecule has 0 fully saturated rings. The molecule has 0 radical (unpaired) electrons. The Bertz CT molecular complexity index is 413. The van der Waals surface area contributed by atoms with Gasteiger partial charge in [0.2, 0.25) is 0 Å². The second-order valence-corrected chi connectivity index (χ2v) is 3.99. The summed E-state index contributed by atoms with van der Waals surface area (Å²) in [4.78, 5) is 0. The van der Waals surface area contributed by atoms with Crippen molar-refractivity contribution >= 4 is 9.17 Å². The zero-order valence-corrected chi connectivity index (χ0v) is 9.50. The van der Waals surface area contributed by atoms with E-state index in [1.807, 2.05) is 36.4 Å². The van der Waals surface area contributed by atoms with Crippen LogP contribution in [0.5, 0.6) is 11.5 Å². The molecule has 0 spiro atoms. The number of hydrogen-bond acceptors (Lipinski definition) is 3. The third kappa shape index (κ3) is 3.03. The van der Waals surface area contributed by atoms with Crippen molar-refractivity contribution in [3.63, 3.8) is 0 Å². The predicted molar refractivity (Wildman–Crippen MR) is 60.6 cm³/mol. The van der Waals surface area contributed by atoms with E-state index in [2.05, 4.69) is 0 Å². The van der Waals surface area contributed by atoms with Crippen LogP contribution in [0.15, 0.2) is 60.7 Å². The van der Waals surface area contributed by atoms with Gasteiger partial charge in [0.1, 0.15) is 11.5 Å². The van der Waals surface area contributed by atoms with Crippen LogP contribution in [0.4, 0.5) is 0 Å². The smallest absolute Gasteiger partial charge is 0.459 e. The van der Waals surface area contributed by atoms with Crippen molar-refractivity contribution in [1.82, 2.24) is 0 Å². The molecule has 16 heavy (non-hydrogen) atoms. The Labute approximate surface area is 95.2 Å². The maximum atomic E-state index is 11.5. The summed E-state index contributed by atoms with van der Waals surface area (Å²) in [5.41, 5.74) is 0. The molecule has 0 atom stereocenters. The fourth-order valence-electron chi connectivity index (χ4n) is 1.19. The maximum absolute atomic E-state index is 11.5. The Kier molecular flexibility index (Phi) is 3.45. The van der Waals surface area contributed by atoms with Crippen molar-refractivity contribution in [3.05, 3.63) is 60.7 Å². The van der Waals surface area contributed by atoms with E-state index in [-0.39, 0.29) is 0 Å². The van der Waals surface area contributed by atoms with Crippen LogP contribution in [0.25, 0.3) is 0 Å². The van der Waals surface area contributed by atoms with Gasteiger partial charge in [-0.1, -0.05) is 36.4 Å². The number of para-hydroxylation sites is 2. The van der Waals surface area contributed by atoms with Gasteiger partial charge in [0.05, 0.1) is 0 Å². The van der Waals surface area contributed by atoms with Gasteiger partial charge in [-0.15, -0.1) is 0 Å². The number of benzene rings is 2. The quantitative estimate of drug-likeness (QED) is 0.757. The highest BCUT2D eigenvalue weighted by Gasteiger charge is 2.13. The molecule has 0 heterocycles. The Morgan fingerprint density at radius 3 is 1.44 bits per heavy atom. The minimum Gasteiger partial charge on any atom is -0.459 e. The molecule has 0 N–H and O–H groups in total. The van der Waals surface area contributed by atoms with Gasteiger partial charge in [0, 0.05) is 0 Å². The lowest BCUT2D eigenvalue weighted by atomic mass is 10.3. The van der Waals surface area contributed by atoms with E-state index >= 15 is 0 Å². The molecular formula is C12H10O3Si. The van der Waals surface area contributed by atoms with Crippen LogP contribution in [-0.2, 0) is 4.46 Å². The molecule has 0 bridgehead atoms. The first-order valence-corrected chi connectivity index (χ1v) is 6.07. The summed E-state index contributed by atoms with van der Waals surface area (Å²) in [5, 5.41) is 0. The zero-order valence-electron chi connectivity index (χ0n) is 8.50. The highest BCUT2D eigenvalue weighted by molar-refractivity contribution is 6.28. The molecule has 80 valence electrons. The van der Waals surface area contributed by atoms with Gasteiger partial charge in [0.15, 0.2) is 0 Å². The summed E-state index contributed by atoms with van der Waals surface area (Å²) in [5.74, 6) is 1.09. The highest BCUT2D eigenvalue weighted by atomic mass is 28.3. The standard InChI is InChI=1S/C12H10O3Si/c13-16(14-11-7-3-1-4-8-11)15-12-9-5-2-6-10-12/h1-10H. The van der Waals surface area contributed by atoms with Crippen molar-refractivity contribution in [1.29, 1.82) is 0 Å². The van der Waals surface area contributed by atoms with E-state index in [1.165, 1.54) is 0 Å². The third-order valence-corrected chi connectivity index (χ3v) is 2.69.